The number of amidine groups is 1. The molecule has 0 aliphatic heterocycles. The summed E-state index contributed by atoms with van der Waals surface area (Å²) < 4.78 is 29.8. The van der Waals surface area contributed by atoms with Crippen LogP contribution in [0, 0.1) is 5.82 Å². The van der Waals surface area contributed by atoms with Gasteiger partial charge in [0.15, 0.2) is 0 Å². The van der Waals surface area contributed by atoms with Gasteiger partial charge in [-0.2, -0.15) is 0 Å². The largest absolute Gasteiger partial charge is 0.386 e. The summed E-state index contributed by atoms with van der Waals surface area (Å²) in [6.45, 7) is 3.43. The fourth-order valence-corrected chi connectivity index (χ4v) is 3.75. The number of hydrogen-bond acceptors (Lipinski definition) is 3. The van der Waals surface area contributed by atoms with Crippen molar-refractivity contribution in [2.75, 3.05) is 14.1 Å². The molecule has 1 atom stereocenters. The Morgan fingerprint density at radius 1 is 1.37 bits per heavy atom. The Balaban J connectivity index is 3.29. The lowest BCUT2D eigenvalue weighted by Gasteiger charge is -2.28. The van der Waals surface area contributed by atoms with E-state index in [9.17, 15) is 8.60 Å². The van der Waals surface area contributed by atoms with Crippen LogP contribution in [0.3, 0.4) is 0 Å². The highest BCUT2D eigenvalue weighted by molar-refractivity contribution is 7.95. The fraction of sp³-hybridized carbons (Fsp3) is 0.462. The molecule has 0 amide bonds. The van der Waals surface area contributed by atoms with Crippen LogP contribution in [0.15, 0.2) is 33.6 Å². The maximum Gasteiger partial charge on any atom is 0.127 e. The van der Waals surface area contributed by atoms with Crippen molar-refractivity contribution < 1.29 is 8.60 Å². The molecule has 1 rings (SSSR count). The van der Waals surface area contributed by atoms with Gasteiger partial charge in [-0.25, -0.2) is 13.0 Å². The first-order chi connectivity index (χ1) is 8.78. The summed E-state index contributed by atoms with van der Waals surface area (Å²) in [5, 5.41) is 0. The van der Waals surface area contributed by atoms with E-state index in [1.54, 1.807) is 32.0 Å². The van der Waals surface area contributed by atoms with Crippen LogP contribution in [0.1, 0.15) is 19.4 Å². The van der Waals surface area contributed by atoms with Gasteiger partial charge in [0.2, 0.25) is 0 Å². The topological polar surface area (TPSA) is 67.8 Å². The van der Waals surface area contributed by atoms with Crippen LogP contribution in [0.2, 0.25) is 0 Å². The van der Waals surface area contributed by atoms with Crippen molar-refractivity contribution in [3.8, 4) is 0 Å². The third-order valence-corrected chi connectivity index (χ3v) is 6.36. The summed E-state index contributed by atoms with van der Waals surface area (Å²) in [6, 6.07) is 6.25. The molecule has 4 nitrogen and oxygen atoms in total. The highest BCUT2D eigenvalue weighted by Gasteiger charge is 2.36. The predicted molar refractivity (Wildman–Crippen MR) is 78.2 cm³/mol. The zero-order chi connectivity index (χ0) is 14.7. The normalized spacial score (nSPS) is 15.9. The van der Waals surface area contributed by atoms with E-state index < -0.39 is 14.5 Å². The monoisotopic (exact) mass is 285 g/mol. The minimum Gasteiger partial charge on any atom is -0.386 e. The van der Waals surface area contributed by atoms with Crippen LogP contribution in [0.25, 0.3) is 0 Å². The minimum atomic E-state index is -2.76. The fourth-order valence-electron chi connectivity index (χ4n) is 1.73. The number of rotatable bonds is 4. The predicted octanol–water partition coefficient (Wildman–Crippen LogP) is 2.19. The second-order valence-corrected chi connectivity index (χ2v) is 7.63. The van der Waals surface area contributed by atoms with Crippen molar-refractivity contribution in [1.29, 1.82) is 0 Å². The molecule has 0 spiro atoms. The van der Waals surface area contributed by atoms with Crippen LogP contribution in [0.4, 0.5) is 4.39 Å². The second-order valence-electron chi connectivity index (χ2n) is 4.68. The molecule has 1 aromatic carbocycles. The van der Waals surface area contributed by atoms with Crippen molar-refractivity contribution >= 4 is 15.6 Å². The van der Waals surface area contributed by atoms with E-state index in [4.69, 9.17) is 5.73 Å². The van der Waals surface area contributed by atoms with Gasteiger partial charge in [-0.3, -0.25) is 4.99 Å². The quantitative estimate of drug-likeness (QED) is 0.680. The Bertz CT molecular complexity index is 602. The molecule has 2 N–H and O–H groups in total. The summed E-state index contributed by atoms with van der Waals surface area (Å²) in [7, 11) is 0.241. The summed E-state index contributed by atoms with van der Waals surface area (Å²) in [4.78, 5) is 3.90. The standard InChI is InChI=1S/C13H20FN3OS/c1-13(2,12(15)16-3)19(18,17-4)9-10-7-5-6-8-11(10)14/h5-8H,9H2,1-4H3,(H2,15,16). The first-order valence-corrected chi connectivity index (χ1v) is 7.55. The van der Waals surface area contributed by atoms with Crippen LogP contribution in [-0.2, 0) is 15.5 Å². The highest BCUT2D eigenvalue weighted by atomic mass is 32.2. The van der Waals surface area contributed by atoms with Crippen molar-refractivity contribution in [3.05, 3.63) is 35.6 Å². The summed E-state index contributed by atoms with van der Waals surface area (Å²) in [5.41, 5.74) is 6.19. The molecule has 0 saturated carbocycles. The molecule has 0 fully saturated rings. The van der Waals surface area contributed by atoms with E-state index in [1.807, 2.05) is 0 Å². The first kappa shape index (κ1) is 15.6. The van der Waals surface area contributed by atoms with Gasteiger partial charge in [-0.05, 0) is 19.9 Å². The second kappa shape index (κ2) is 5.69. The van der Waals surface area contributed by atoms with Gasteiger partial charge in [0.05, 0.1) is 15.5 Å². The average molecular weight is 285 g/mol. The maximum absolute atomic E-state index is 13.7. The van der Waals surface area contributed by atoms with Crippen LogP contribution in [0.5, 0.6) is 0 Å². The van der Waals surface area contributed by atoms with Gasteiger partial charge in [-0.1, -0.05) is 18.2 Å². The molecule has 19 heavy (non-hydrogen) atoms. The lowest BCUT2D eigenvalue weighted by atomic mass is 10.2. The lowest BCUT2D eigenvalue weighted by Crippen LogP contribution is -2.45. The summed E-state index contributed by atoms with van der Waals surface area (Å²) in [6.07, 6.45) is 0. The first-order valence-electron chi connectivity index (χ1n) is 5.87. The number of nitrogens with zero attached hydrogens (tertiary/aromatic N) is 2. The molecule has 0 aliphatic carbocycles. The number of halogens is 1. The number of hydrogen-bond donors (Lipinski definition) is 1. The van der Waals surface area contributed by atoms with E-state index in [0.29, 0.717) is 5.56 Å². The van der Waals surface area contributed by atoms with E-state index >= 15 is 0 Å². The smallest absolute Gasteiger partial charge is 0.127 e. The van der Waals surface area contributed by atoms with Gasteiger partial charge < -0.3 is 5.73 Å². The van der Waals surface area contributed by atoms with E-state index in [0.717, 1.165) is 0 Å². The Hall–Kier alpha value is -1.43. The molecular formula is C13H20FN3OS. The van der Waals surface area contributed by atoms with Crippen LogP contribution < -0.4 is 5.73 Å². The molecule has 0 saturated heterocycles. The van der Waals surface area contributed by atoms with Crippen molar-refractivity contribution in [2.24, 2.45) is 15.1 Å². The zero-order valence-corrected chi connectivity index (χ0v) is 12.5. The molecule has 6 heteroatoms. The molecule has 1 unspecified atom stereocenters. The minimum absolute atomic E-state index is 0.0133. The molecule has 0 aliphatic rings. The molecule has 0 radical (unpaired) electrons. The number of nitrogens with two attached hydrogens (primary N) is 1. The number of benzene rings is 1. The third kappa shape index (κ3) is 2.94. The maximum atomic E-state index is 13.7. The Morgan fingerprint density at radius 3 is 2.42 bits per heavy atom. The van der Waals surface area contributed by atoms with Crippen molar-refractivity contribution in [3.63, 3.8) is 0 Å². The lowest BCUT2D eigenvalue weighted by molar-refractivity contribution is 0.612. The van der Waals surface area contributed by atoms with E-state index in [2.05, 4.69) is 9.36 Å². The zero-order valence-electron chi connectivity index (χ0n) is 11.7. The van der Waals surface area contributed by atoms with E-state index in [1.165, 1.54) is 20.2 Å². The van der Waals surface area contributed by atoms with Crippen molar-refractivity contribution in [1.82, 2.24) is 0 Å². The summed E-state index contributed by atoms with van der Waals surface area (Å²) >= 11 is 0. The highest BCUT2D eigenvalue weighted by Crippen LogP contribution is 2.25. The van der Waals surface area contributed by atoms with Gasteiger partial charge >= 0.3 is 0 Å². The van der Waals surface area contributed by atoms with Crippen molar-refractivity contribution in [2.45, 2.75) is 24.3 Å². The van der Waals surface area contributed by atoms with Crippen LogP contribution in [-0.4, -0.2) is 28.9 Å². The van der Waals surface area contributed by atoms with Gasteiger partial charge in [0, 0.05) is 19.7 Å². The van der Waals surface area contributed by atoms with Gasteiger partial charge in [-0.15, -0.1) is 0 Å². The molecule has 0 heterocycles. The number of aliphatic imine (C=N–C) groups is 1. The Kier molecular flexibility index (Phi) is 4.68. The summed E-state index contributed by atoms with van der Waals surface area (Å²) in [5.74, 6) is -0.125. The molecule has 0 aromatic heterocycles. The van der Waals surface area contributed by atoms with E-state index in [-0.39, 0.29) is 17.4 Å². The molecule has 1 aromatic rings. The van der Waals surface area contributed by atoms with Gasteiger partial charge in [0.1, 0.15) is 16.4 Å². The SMILES string of the molecule is CN=C(N)C(C)(C)S(=O)(Cc1ccccc1F)=NC. The average Bonchev–Trinajstić information content (AvgIpc) is 2.39. The Morgan fingerprint density at radius 2 is 1.95 bits per heavy atom. The molecule has 106 valence electrons. The third-order valence-electron chi connectivity index (χ3n) is 3.26. The molecular weight excluding hydrogens is 265 g/mol. The molecule has 0 bridgehead atoms. The van der Waals surface area contributed by atoms with Gasteiger partial charge in [0.25, 0.3) is 0 Å². The Labute approximate surface area is 114 Å². The van der Waals surface area contributed by atoms with Crippen LogP contribution >= 0.6 is 0 Å².